The van der Waals surface area contributed by atoms with E-state index < -0.39 is 10.0 Å². The van der Waals surface area contributed by atoms with Crippen LogP contribution in [0.3, 0.4) is 0 Å². The van der Waals surface area contributed by atoms with Crippen LogP contribution in [-0.2, 0) is 16.4 Å². The Morgan fingerprint density at radius 1 is 0.929 bits per heavy atom. The van der Waals surface area contributed by atoms with Crippen LogP contribution in [-0.4, -0.2) is 33.1 Å². The molecule has 3 aliphatic rings. The van der Waals surface area contributed by atoms with E-state index in [1.54, 1.807) is 23.1 Å². The molecule has 2 aliphatic carbocycles. The summed E-state index contributed by atoms with van der Waals surface area (Å²) >= 11 is 0. The highest BCUT2D eigenvalue weighted by atomic mass is 32.2. The first-order valence-electron chi connectivity index (χ1n) is 10.8. The third-order valence-corrected chi connectivity index (χ3v) is 7.88. The smallest absolute Gasteiger partial charge is 0.322 e. The van der Waals surface area contributed by atoms with Gasteiger partial charge in [0.15, 0.2) is 0 Å². The quantitative estimate of drug-likeness (QED) is 0.802. The summed E-state index contributed by atoms with van der Waals surface area (Å²) < 4.78 is 28.4. The Balaban J connectivity index is 1.44. The highest BCUT2D eigenvalue weighted by Gasteiger charge is 2.29. The number of fused-ring (bicyclic) bond motifs is 1. The lowest BCUT2D eigenvalue weighted by Crippen LogP contribution is -2.45. The summed E-state index contributed by atoms with van der Waals surface area (Å²) in [7, 11) is -3.51. The summed E-state index contributed by atoms with van der Waals surface area (Å²) in [6.07, 6.45) is 11.6. The van der Waals surface area contributed by atoms with Gasteiger partial charge < -0.3 is 5.32 Å². The lowest BCUT2D eigenvalue weighted by Gasteiger charge is -2.26. The number of sulfonamides is 1. The summed E-state index contributed by atoms with van der Waals surface area (Å²) in [5, 5.41) is 3.16. The first-order valence-corrected chi connectivity index (χ1v) is 12.2. The van der Waals surface area contributed by atoms with Crippen molar-refractivity contribution < 1.29 is 13.2 Å². The number of carbonyl (C=O) groups is 1. The summed E-state index contributed by atoms with van der Waals surface area (Å²) in [5.74, 6) is 0. The van der Waals surface area contributed by atoms with Crippen LogP contribution in [0.15, 0.2) is 23.1 Å². The minimum Gasteiger partial charge on any atom is -0.335 e. The predicted molar refractivity (Wildman–Crippen MR) is 110 cm³/mol. The number of rotatable bonds is 4. The Bertz CT molecular complexity index is 812. The maximum absolute atomic E-state index is 12.8. The van der Waals surface area contributed by atoms with E-state index >= 15 is 0 Å². The monoisotopic (exact) mass is 405 g/mol. The lowest BCUT2D eigenvalue weighted by molar-refractivity contribution is 0.238. The minimum absolute atomic E-state index is 0.0461. The third-order valence-electron chi connectivity index (χ3n) is 6.36. The summed E-state index contributed by atoms with van der Waals surface area (Å²) in [6, 6.07) is 5.43. The van der Waals surface area contributed by atoms with Gasteiger partial charge in [0.05, 0.1) is 4.90 Å². The molecule has 0 radical (unpaired) electrons. The molecule has 28 heavy (non-hydrogen) atoms. The molecule has 0 atom stereocenters. The van der Waals surface area contributed by atoms with E-state index in [1.807, 2.05) is 0 Å². The molecular formula is C21H31N3O3S. The molecule has 0 bridgehead atoms. The number of hydrogen-bond donors (Lipinski definition) is 2. The van der Waals surface area contributed by atoms with E-state index in [2.05, 4.69) is 10.0 Å². The molecule has 2 saturated carbocycles. The topological polar surface area (TPSA) is 78.5 Å². The molecular weight excluding hydrogens is 374 g/mol. The summed E-state index contributed by atoms with van der Waals surface area (Å²) in [6.45, 7) is 0.605. The zero-order valence-electron chi connectivity index (χ0n) is 16.5. The van der Waals surface area contributed by atoms with Gasteiger partial charge in [0, 0.05) is 24.3 Å². The van der Waals surface area contributed by atoms with Gasteiger partial charge in [-0.15, -0.1) is 0 Å². The third kappa shape index (κ3) is 4.35. The molecule has 2 N–H and O–H groups in total. The highest BCUT2D eigenvalue weighted by molar-refractivity contribution is 7.89. The maximum atomic E-state index is 12.8. The molecule has 154 valence electrons. The Labute approximate surface area is 168 Å². The minimum atomic E-state index is -3.51. The normalized spacial score (nSPS) is 21.5. The Morgan fingerprint density at radius 3 is 2.25 bits per heavy atom. The maximum Gasteiger partial charge on any atom is 0.322 e. The number of hydrogen-bond acceptors (Lipinski definition) is 3. The average molecular weight is 406 g/mol. The second kappa shape index (κ2) is 8.41. The molecule has 0 spiro atoms. The molecule has 1 aliphatic heterocycles. The molecule has 7 heteroatoms. The van der Waals surface area contributed by atoms with Crippen molar-refractivity contribution in [3.63, 3.8) is 0 Å². The van der Waals surface area contributed by atoms with Crippen LogP contribution in [0.4, 0.5) is 10.5 Å². The van der Waals surface area contributed by atoms with Crippen molar-refractivity contribution in [3.8, 4) is 0 Å². The fourth-order valence-electron chi connectivity index (χ4n) is 4.76. The Morgan fingerprint density at radius 2 is 1.57 bits per heavy atom. The number of carbonyl (C=O) groups excluding carboxylic acids is 1. The fraction of sp³-hybridized carbons (Fsp3) is 0.667. The average Bonchev–Trinajstić information content (AvgIpc) is 3.13. The van der Waals surface area contributed by atoms with Crippen LogP contribution < -0.4 is 14.9 Å². The molecule has 0 aromatic heterocycles. The molecule has 1 aromatic carbocycles. The van der Waals surface area contributed by atoms with Crippen LogP contribution in [0.1, 0.15) is 69.8 Å². The first kappa shape index (κ1) is 19.7. The number of amides is 2. The molecule has 4 rings (SSSR count). The van der Waals surface area contributed by atoms with Gasteiger partial charge in [-0.1, -0.05) is 38.5 Å². The van der Waals surface area contributed by atoms with Gasteiger partial charge in [0.25, 0.3) is 0 Å². The Hall–Kier alpha value is -1.60. The van der Waals surface area contributed by atoms with E-state index in [4.69, 9.17) is 0 Å². The predicted octanol–water partition coefficient (Wildman–Crippen LogP) is 3.70. The molecule has 6 nitrogen and oxygen atoms in total. The number of benzene rings is 1. The van der Waals surface area contributed by atoms with Crippen molar-refractivity contribution in [2.24, 2.45) is 0 Å². The largest absolute Gasteiger partial charge is 0.335 e. The van der Waals surface area contributed by atoms with Gasteiger partial charge in [0.1, 0.15) is 0 Å². The molecule has 1 heterocycles. The lowest BCUT2D eigenvalue weighted by atomic mass is 9.96. The van der Waals surface area contributed by atoms with Crippen LogP contribution in [0.5, 0.6) is 0 Å². The van der Waals surface area contributed by atoms with E-state index in [0.29, 0.717) is 17.9 Å². The van der Waals surface area contributed by atoms with Crippen molar-refractivity contribution in [1.82, 2.24) is 10.0 Å². The summed E-state index contributed by atoms with van der Waals surface area (Å²) in [5.41, 5.74) is 1.77. The van der Waals surface area contributed by atoms with Crippen molar-refractivity contribution in [2.75, 3.05) is 11.4 Å². The fourth-order valence-corrected chi connectivity index (χ4v) is 6.12. The van der Waals surface area contributed by atoms with Gasteiger partial charge in [-0.3, -0.25) is 4.90 Å². The molecule has 2 amide bonds. The zero-order chi connectivity index (χ0) is 19.6. The molecule has 2 fully saturated rings. The van der Waals surface area contributed by atoms with E-state index in [-0.39, 0.29) is 18.1 Å². The zero-order valence-corrected chi connectivity index (χ0v) is 17.3. The number of nitrogens with zero attached hydrogens (tertiary/aromatic N) is 1. The van der Waals surface area contributed by atoms with Gasteiger partial charge in [-0.25, -0.2) is 17.9 Å². The van der Waals surface area contributed by atoms with Gasteiger partial charge in [0.2, 0.25) is 10.0 Å². The van der Waals surface area contributed by atoms with Crippen LogP contribution in [0.25, 0.3) is 0 Å². The van der Waals surface area contributed by atoms with Crippen LogP contribution in [0.2, 0.25) is 0 Å². The molecule has 1 aromatic rings. The van der Waals surface area contributed by atoms with Crippen molar-refractivity contribution in [3.05, 3.63) is 23.8 Å². The van der Waals surface area contributed by atoms with Gasteiger partial charge >= 0.3 is 6.03 Å². The van der Waals surface area contributed by atoms with Crippen molar-refractivity contribution in [1.29, 1.82) is 0 Å². The van der Waals surface area contributed by atoms with Gasteiger partial charge in [-0.05, 0) is 55.9 Å². The number of urea groups is 1. The van der Waals surface area contributed by atoms with Crippen molar-refractivity contribution >= 4 is 21.7 Å². The summed E-state index contributed by atoms with van der Waals surface area (Å²) in [4.78, 5) is 14.8. The number of nitrogens with one attached hydrogen (secondary N) is 2. The second-order valence-corrected chi connectivity index (χ2v) is 10.1. The van der Waals surface area contributed by atoms with Crippen LogP contribution in [0, 0.1) is 0 Å². The van der Waals surface area contributed by atoms with E-state index in [9.17, 15) is 13.2 Å². The SMILES string of the molecule is O=C(NC1CCCCC1)N1CCc2cc(S(=O)(=O)NC3CCCCC3)ccc21. The molecule has 0 unspecified atom stereocenters. The van der Waals surface area contributed by atoms with Crippen LogP contribution >= 0.6 is 0 Å². The highest BCUT2D eigenvalue weighted by Crippen LogP contribution is 2.31. The second-order valence-electron chi connectivity index (χ2n) is 8.43. The van der Waals surface area contributed by atoms with E-state index in [0.717, 1.165) is 49.8 Å². The standard InChI is InChI=1S/C21H31N3O3S/c25-21(22-17-7-3-1-4-8-17)24-14-13-16-15-19(11-12-20(16)24)28(26,27)23-18-9-5-2-6-10-18/h11-12,15,17-18,23H,1-10,13-14H2,(H,22,25). The molecule has 0 saturated heterocycles. The van der Waals surface area contributed by atoms with Crippen molar-refractivity contribution in [2.45, 2.75) is 87.6 Å². The first-order chi connectivity index (χ1) is 13.5. The van der Waals surface area contributed by atoms with E-state index in [1.165, 1.54) is 25.7 Å². The Kier molecular flexibility index (Phi) is 5.92. The van der Waals surface area contributed by atoms with Gasteiger partial charge in [-0.2, -0.15) is 0 Å². The number of anilines is 1.